The van der Waals surface area contributed by atoms with Gasteiger partial charge in [-0.3, -0.25) is 0 Å². The zero-order chi connectivity index (χ0) is 13.4. The molecule has 3 rings (SSSR count). The maximum Gasteiger partial charge on any atom is -0.00578 e. The van der Waals surface area contributed by atoms with Crippen molar-refractivity contribution in [3.05, 3.63) is 63.3 Å². The molecule has 0 saturated carbocycles. The summed E-state index contributed by atoms with van der Waals surface area (Å²) < 4.78 is 0. The molecule has 2 aliphatic rings. The molecule has 2 aliphatic carbocycles. The Morgan fingerprint density at radius 2 is 1.95 bits per heavy atom. The number of hydrogen-bond acceptors (Lipinski definition) is 0. The third kappa shape index (κ3) is 2.32. The van der Waals surface area contributed by atoms with Crippen LogP contribution in [0.25, 0.3) is 6.08 Å². The number of hydrogen-bond donors (Lipinski definition) is 0. The molecule has 0 nitrogen and oxygen atoms in total. The molecule has 0 atom stereocenters. The SMILES string of the molecule is CC1=Cc2cc(C)c(C)c(CCC3=CCC=C3)c2C1. The summed E-state index contributed by atoms with van der Waals surface area (Å²) in [5, 5.41) is 0. The molecule has 0 heterocycles. The zero-order valence-corrected chi connectivity index (χ0v) is 12.2. The fraction of sp³-hybridized carbons (Fsp3) is 0.368. The molecule has 1 aromatic carbocycles. The molecule has 0 unspecified atom stereocenters. The third-order valence-corrected chi connectivity index (χ3v) is 4.50. The lowest BCUT2D eigenvalue weighted by Crippen LogP contribution is -2.01. The molecule has 0 N–H and O–H groups in total. The summed E-state index contributed by atoms with van der Waals surface area (Å²) in [6.07, 6.45) is 13.9. The monoisotopic (exact) mass is 250 g/mol. The average molecular weight is 250 g/mol. The summed E-state index contributed by atoms with van der Waals surface area (Å²) in [6, 6.07) is 2.36. The number of fused-ring (bicyclic) bond motifs is 1. The van der Waals surface area contributed by atoms with Crippen LogP contribution in [0.4, 0.5) is 0 Å². The topological polar surface area (TPSA) is 0 Å². The Balaban J connectivity index is 1.91. The first-order valence-electron chi connectivity index (χ1n) is 7.30. The van der Waals surface area contributed by atoms with E-state index >= 15 is 0 Å². The van der Waals surface area contributed by atoms with Crippen molar-refractivity contribution in [2.24, 2.45) is 0 Å². The van der Waals surface area contributed by atoms with Crippen LogP contribution >= 0.6 is 0 Å². The van der Waals surface area contributed by atoms with Crippen LogP contribution in [0.2, 0.25) is 0 Å². The van der Waals surface area contributed by atoms with Gasteiger partial charge in [0.25, 0.3) is 0 Å². The highest BCUT2D eigenvalue weighted by atomic mass is 14.2. The maximum atomic E-state index is 2.36. The molecule has 0 radical (unpaired) electrons. The van der Waals surface area contributed by atoms with E-state index in [2.05, 4.69) is 51.1 Å². The fourth-order valence-electron chi connectivity index (χ4n) is 3.30. The van der Waals surface area contributed by atoms with Crippen LogP contribution in [-0.4, -0.2) is 0 Å². The molecule has 0 bridgehead atoms. The van der Waals surface area contributed by atoms with Crippen LogP contribution in [0.3, 0.4) is 0 Å². The van der Waals surface area contributed by atoms with E-state index < -0.39 is 0 Å². The second kappa shape index (κ2) is 4.85. The largest absolute Gasteiger partial charge is 0.0805 e. The molecular weight excluding hydrogens is 228 g/mol. The Morgan fingerprint density at radius 1 is 1.11 bits per heavy atom. The van der Waals surface area contributed by atoms with Crippen LogP contribution in [-0.2, 0) is 12.8 Å². The standard InChI is InChI=1S/C19H22/c1-13-10-17-12-14(2)15(3)18(19(17)11-13)9-8-16-6-4-5-7-16/h4,6-7,10,12H,5,8-9,11H2,1-3H3. The van der Waals surface area contributed by atoms with Gasteiger partial charge in [-0.15, -0.1) is 0 Å². The lowest BCUT2D eigenvalue weighted by molar-refractivity contribution is 0.927. The van der Waals surface area contributed by atoms with Crippen molar-refractivity contribution in [2.45, 2.75) is 46.5 Å². The highest BCUT2D eigenvalue weighted by Gasteiger charge is 2.17. The van der Waals surface area contributed by atoms with Crippen molar-refractivity contribution < 1.29 is 0 Å². The van der Waals surface area contributed by atoms with Gasteiger partial charge in [0.2, 0.25) is 0 Å². The molecule has 0 amide bonds. The Hall–Kier alpha value is -1.56. The van der Waals surface area contributed by atoms with Crippen LogP contribution in [0.15, 0.2) is 35.4 Å². The number of benzene rings is 1. The number of allylic oxidation sites excluding steroid dienone is 5. The minimum Gasteiger partial charge on any atom is -0.0805 e. The summed E-state index contributed by atoms with van der Waals surface area (Å²) in [5.74, 6) is 0. The molecule has 0 aliphatic heterocycles. The van der Waals surface area contributed by atoms with E-state index in [4.69, 9.17) is 0 Å². The van der Waals surface area contributed by atoms with Crippen LogP contribution < -0.4 is 0 Å². The van der Waals surface area contributed by atoms with Crippen LogP contribution in [0, 0.1) is 13.8 Å². The summed E-state index contributed by atoms with van der Waals surface area (Å²) in [7, 11) is 0. The minimum atomic E-state index is 1.13. The number of rotatable bonds is 3. The van der Waals surface area contributed by atoms with Gasteiger partial charge in [-0.25, -0.2) is 0 Å². The van der Waals surface area contributed by atoms with E-state index in [1.807, 2.05) is 0 Å². The molecule has 98 valence electrons. The molecule has 0 heteroatoms. The van der Waals surface area contributed by atoms with Gasteiger partial charge >= 0.3 is 0 Å². The first-order chi connectivity index (χ1) is 9.15. The van der Waals surface area contributed by atoms with E-state index in [1.165, 1.54) is 40.7 Å². The van der Waals surface area contributed by atoms with Gasteiger partial charge in [0.1, 0.15) is 0 Å². The summed E-state index contributed by atoms with van der Waals surface area (Å²) in [5.41, 5.74) is 10.6. The molecule has 0 saturated heterocycles. The molecule has 0 fully saturated rings. The lowest BCUT2D eigenvalue weighted by Gasteiger charge is -2.15. The van der Waals surface area contributed by atoms with E-state index in [-0.39, 0.29) is 0 Å². The fourth-order valence-corrected chi connectivity index (χ4v) is 3.30. The van der Waals surface area contributed by atoms with E-state index in [9.17, 15) is 0 Å². The highest BCUT2D eigenvalue weighted by Crippen LogP contribution is 2.33. The predicted octanol–water partition coefficient (Wildman–Crippen LogP) is 5.08. The summed E-state index contributed by atoms with van der Waals surface area (Å²) in [6.45, 7) is 6.78. The molecule has 0 spiro atoms. The van der Waals surface area contributed by atoms with Gasteiger partial charge in [0, 0.05) is 0 Å². The Kier molecular flexibility index (Phi) is 3.18. The minimum absolute atomic E-state index is 1.13. The van der Waals surface area contributed by atoms with Crippen molar-refractivity contribution in [1.29, 1.82) is 0 Å². The van der Waals surface area contributed by atoms with Crippen molar-refractivity contribution in [2.75, 3.05) is 0 Å². The van der Waals surface area contributed by atoms with Crippen molar-refractivity contribution >= 4 is 6.08 Å². The quantitative estimate of drug-likeness (QED) is 0.701. The number of aryl methyl sites for hydroxylation is 1. The van der Waals surface area contributed by atoms with Gasteiger partial charge in [0.05, 0.1) is 0 Å². The molecule has 19 heavy (non-hydrogen) atoms. The Labute approximate surface area is 116 Å². The average Bonchev–Trinajstić information content (AvgIpc) is 2.99. The first-order valence-corrected chi connectivity index (χ1v) is 7.30. The van der Waals surface area contributed by atoms with E-state index in [1.54, 1.807) is 11.1 Å². The lowest BCUT2D eigenvalue weighted by atomic mass is 9.90. The van der Waals surface area contributed by atoms with Gasteiger partial charge in [-0.05, 0) is 74.3 Å². The Bertz CT molecular complexity index is 609. The van der Waals surface area contributed by atoms with E-state index in [0.717, 1.165) is 12.8 Å². The van der Waals surface area contributed by atoms with Crippen LogP contribution in [0.1, 0.15) is 47.6 Å². The highest BCUT2D eigenvalue weighted by molar-refractivity contribution is 5.67. The van der Waals surface area contributed by atoms with Gasteiger partial charge in [-0.1, -0.05) is 41.5 Å². The van der Waals surface area contributed by atoms with Crippen LogP contribution in [0.5, 0.6) is 0 Å². The normalized spacial score (nSPS) is 16.6. The maximum absolute atomic E-state index is 2.36. The van der Waals surface area contributed by atoms with Crippen molar-refractivity contribution in [3.8, 4) is 0 Å². The smallest absolute Gasteiger partial charge is 0.00578 e. The molecule has 0 aromatic heterocycles. The van der Waals surface area contributed by atoms with Crippen molar-refractivity contribution in [3.63, 3.8) is 0 Å². The van der Waals surface area contributed by atoms with Crippen molar-refractivity contribution in [1.82, 2.24) is 0 Å². The van der Waals surface area contributed by atoms with Gasteiger partial charge < -0.3 is 0 Å². The molecule has 1 aromatic rings. The second-order valence-electron chi connectivity index (χ2n) is 5.95. The molecular formula is C19H22. The first kappa shape index (κ1) is 12.5. The summed E-state index contributed by atoms with van der Waals surface area (Å²) in [4.78, 5) is 0. The van der Waals surface area contributed by atoms with Gasteiger partial charge in [-0.2, -0.15) is 0 Å². The third-order valence-electron chi connectivity index (χ3n) is 4.50. The van der Waals surface area contributed by atoms with E-state index in [0.29, 0.717) is 0 Å². The second-order valence-corrected chi connectivity index (χ2v) is 5.95. The summed E-state index contributed by atoms with van der Waals surface area (Å²) >= 11 is 0. The predicted molar refractivity (Wildman–Crippen MR) is 83.4 cm³/mol. The zero-order valence-electron chi connectivity index (χ0n) is 12.2. The van der Waals surface area contributed by atoms with Gasteiger partial charge in [0.15, 0.2) is 0 Å². The Morgan fingerprint density at radius 3 is 2.68 bits per heavy atom.